The summed E-state index contributed by atoms with van der Waals surface area (Å²) >= 11 is 0. The highest BCUT2D eigenvalue weighted by Crippen LogP contribution is 2.31. The number of benzene rings is 2. The van der Waals surface area contributed by atoms with E-state index in [4.69, 9.17) is 0 Å². The first-order chi connectivity index (χ1) is 9.99. The molecule has 1 amide bonds. The quantitative estimate of drug-likeness (QED) is 0.798. The van der Waals surface area contributed by atoms with Crippen LogP contribution in [-0.2, 0) is 11.3 Å². The van der Waals surface area contributed by atoms with E-state index >= 15 is 0 Å². The third kappa shape index (κ3) is 2.08. The van der Waals surface area contributed by atoms with E-state index in [1.165, 1.54) is 12.1 Å². The van der Waals surface area contributed by atoms with Crippen LogP contribution in [0.25, 0.3) is 0 Å². The van der Waals surface area contributed by atoms with Crippen molar-refractivity contribution in [2.45, 2.75) is 6.54 Å². The Bertz CT molecular complexity index is 753. The molecule has 2 aromatic carbocycles. The lowest BCUT2D eigenvalue weighted by molar-refractivity contribution is -0.114. The smallest absolute Gasteiger partial charge is 0.299 e. The van der Waals surface area contributed by atoms with E-state index in [1.54, 1.807) is 0 Å². The van der Waals surface area contributed by atoms with Crippen LogP contribution in [0.5, 0.6) is 0 Å². The van der Waals surface area contributed by atoms with E-state index in [-0.39, 0.29) is 16.8 Å². The summed E-state index contributed by atoms with van der Waals surface area (Å²) in [5.74, 6) is -4.11. The molecule has 3 nitrogen and oxygen atoms in total. The van der Waals surface area contributed by atoms with Gasteiger partial charge in [0, 0.05) is 5.56 Å². The van der Waals surface area contributed by atoms with Gasteiger partial charge in [0.15, 0.2) is 0 Å². The predicted molar refractivity (Wildman–Crippen MR) is 68.3 cm³/mol. The Balaban J connectivity index is 2.05. The van der Waals surface area contributed by atoms with E-state index in [1.807, 2.05) is 0 Å². The van der Waals surface area contributed by atoms with Gasteiger partial charge in [-0.3, -0.25) is 9.59 Å². The van der Waals surface area contributed by atoms with Crippen LogP contribution >= 0.6 is 0 Å². The summed E-state index contributed by atoms with van der Waals surface area (Å²) < 4.78 is 40.4. The summed E-state index contributed by atoms with van der Waals surface area (Å²) in [6, 6.07) is 6.59. The lowest BCUT2D eigenvalue weighted by Crippen LogP contribution is -2.30. The van der Waals surface area contributed by atoms with Crippen LogP contribution in [0.2, 0.25) is 0 Å². The zero-order valence-corrected chi connectivity index (χ0v) is 10.6. The van der Waals surface area contributed by atoms with Crippen molar-refractivity contribution < 1.29 is 22.8 Å². The molecule has 0 atom stereocenters. The van der Waals surface area contributed by atoms with Gasteiger partial charge in [0.25, 0.3) is 11.7 Å². The molecule has 0 aromatic heterocycles. The summed E-state index contributed by atoms with van der Waals surface area (Å²) in [4.78, 5) is 24.6. The number of amides is 1. The second kappa shape index (κ2) is 4.73. The highest BCUT2D eigenvalue weighted by atomic mass is 19.1. The number of ketones is 1. The summed E-state index contributed by atoms with van der Waals surface area (Å²) in [5.41, 5.74) is -0.276. The number of carbonyl (C=O) groups is 2. The molecule has 1 heterocycles. The van der Waals surface area contributed by atoms with Crippen LogP contribution < -0.4 is 4.90 Å². The minimum Gasteiger partial charge on any atom is -0.300 e. The normalized spacial score (nSPS) is 13.8. The van der Waals surface area contributed by atoms with Gasteiger partial charge in [-0.2, -0.15) is 0 Å². The Hall–Kier alpha value is -2.63. The van der Waals surface area contributed by atoms with Gasteiger partial charge >= 0.3 is 0 Å². The summed E-state index contributed by atoms with van der Waals surface area (Å²) in [5, 5.41) is 0. The van der Waals surface area contributed by atoms with Crippen LogP contribution in [0.15, 0.2) is 36.4 Å². The van der Waals surface area contributed by atoms with Crippen LogP contribution in [0.4, 0.5) is 18.9 Å². The average Bonchev–Trinajstić information content (AvgIpc) is 2.67. The first kappa shape index (κ1) is 13.4. The first-order valence-corrected chi connectivity index (χ1v) is 6.07. The number of anilines is 1. The number of hydrogen-bond donors (Lipinski definition) is 0. The van der Waals surface area contributed by atoms with Crippen molar-refractivity contribution in [3.63, 3.8) is 0 Å². The van der Waals surface area contributed by atoms with Gasteiger partial charge in [-0.1, -0.05) is 6.07 Å². The summed E-state index contributed by atoms with van der Waals surface area (Å²) in [7, 11) is 0. The Morgan fingerprint density at radius 1 is 0.952 bits per heavy atom. The second-order valence-corrected chi connectivity index (χ2v) is 4.58. The molecule has 0 unspecified atom stereocenters. The number of hydrogen-bond acceptors (Lipinski definition) is 2. The number of fused-ring (bicyclic) bond motifs is 1. The molecule has 1 aliphatic rings. The standard InChI is InChI=1S/C15H8F3NO2/c16-8-4-5-13-9(6-8)14(20)15(21)19(13)7-10-11(17)2-1-3-12(10)18/h1-6H,7H2. The van der Waals surface area contributed by atoms with Crippen molar-refractivity contribution in [1.29, 1.82) is 0 Å². The minimum atomic E-state index is -0.932. The van der Waals surface area contributed by atoms with E-state index in [2.05, 4.69) is 0 Å². The highest BCUT2D eigenvalue weighted by Gasteiger charge is 2.36. The Morgan fingerprint density at radius 3 is 2.29 bits per heavy atom. The van der Waals surface area contributed by atoms with Crippen molar-refractivity contribution >= 4 is 17.4 Å². The van der Waals surface area contributed by atoms with Gasteiger partial charge in [-0.05, 0) is 30.3 Å². The molecular weight excluding hydrogens is 283 g/mol. The molecule has 0 N–H and O–H groups in total. The monoisotopic (exact) mass is 291 g/mol. The fourth-order valence-electron chi connectivity index (χ4n) is 2.27. The predicted octanol–water partition coefficient (Wildman–Crippen LogP) is 2.83. The maximum Gasteiger partial charge on any atom is 0.299 e. The molecule has 0 fully saturated rings. The highest BCUT2D eigenvalue weighted by molar-refractivity contribution is 6.52. The molecule has 0 aliphatic carbocycles. The third-order valence-electron chi connectivity index (χ3n) is 3.31. The fourth-order valence-corrected chi connectivity index (χ4v) is 2.27. The van der Waals surface area contributed by atoms with E-state index < -0.39 is 35.7 Å². The fraction of sp³-hybridized carbons (Fsp3) is 0.0667. The zero-order chi connectivity index (χ0) is 15.1. The molecule has 0 saturated heterocycles. The summed E-state index contributed by atoms with van der Waals surface area (Å²) in [6.45, 7) is -0.429. The van der Waals surface area contributed by atoms with Gasteiger partial charge < -0.3 is 4.90 Å². The number of Topliss-reactive ketones (excluding diaryl/α,β-unsaturated/α-hetero) is 1. The molecule has 1 aliphatic heterocycles. The lowest BCUT2D eigenvalue weighted by Gasteiger charge is -2.17. The van der Waals surface area contributed by atoms with Crippen LogP contribution in [0.1, 0.15) is 15.9 Å². The first-order valence-electron chi connectivity index (χ1n) is 6.07. The maximum atomic E-state index is 13.6. The maximum absolute atomic E-state index is 13.6. The number of carbonyl (C=O) groups excluding carboxylic acids is 2. The topological polar surface area (TPSA) is 37.4 Å². The SMILES string of the molecule is O=C1C(=O)N(Cc2c(F)cccc2F)c2ccc(F)cc21. The van der Waals surface area contributed by atoms with Crippen molar-refractivity contribution in [3.05, 3.63) is 65.0 Å². The molecule has 0 saturated carbocycles. The van der Waals surface area contributed by atoms with Gasteiger partial charge in [0.2, 0.25) is 0 Å². The van der Waals surface area contributed by atoms with Crippen LogP contribution in [-0.4, -0.2) is 11.7 Å². The lowest BCUT2D eigenvalue weighted by atomic mass is 10.1. The van der Waals surface area contributed by atoms with Gasteiger partial charge in [-0.25, -0.2) is 13.2 Å². The minimum absolute atomic E-state index is 0.100. The Morgan fingerprint density at radius 2 is 1.62 bits per heavy atom. The second-order valence-electron chi connectivity index (χ2n) is 4.58. The molecule has 0 radical (unpaired) electrons. The molecule has 0 spiro atoms. The number of nitrogens with zero attached hydrogens (tertiary/aromatic N) is 1. The largest absolute Gasteiger partial charge is 0.300 e. The van der Waals surface area contributed by atoms with Gasteiger partial charge in [0.1, 0.15) is 17.5 Å². The van der Waals surface area contributed by atoms with Crippen LogP contribution in [0.3, 0.4) is 0 Å². The summed E-state index contributed by atoms with van der Waals surface area (Å²) in [6.07, 6.45) is 0. The Kier molecular flexibility index (Phi) is 3.01. The average molecular weight is 291 g/mol. The molecule has 3 rings (SSSR count). The Labute approximate surface area is 117 Å². The van der Waals surface area contributed by atoms with Gasteiger partial charge in [-0.15, -0.1) is 0 Å². The number of rotatable bonds is 2. The zero-order valence-electron chi connectivity index (χ0n) is 10.6. The van der Waals surface area contributed by atoms with E-state index in [0.29, 0.717) is 0 Å². The number of halogens is 3. The molecule has 0 bridgehead atoms. The molecule has 2 aromatic rings. The van der Waals surface area contributed by atoms with E-state index in [0.717, 1.165) is 29.2 Å². The van der Waals surface area contributed by atoms with E-state index in [9.17, 15) is 22.8 Å². The molecular formula is C15H8F3NO2. The third-order valence-corrected chi connectivity index (χ3v) is 3.31. The van der Waals surface area contributed by atoms with Gasteiger partial charge in [0.05, 0.1) is 17.8 Å². The van der Waals surface area contributed by atoms with Crippen molar-refractivity contribution in [2.75, 3.05) is 4.90 Å². The van der Waals surface area contributed by atoms with Crippen LogP contribution in [0, 0.1) is 17.5 Å². The molecule has 21 heavy (non-hydrogen) atoms. The molecule has 106 valence electrons. The van der Waals surface area contributed by atoms with Crippen molar-refractivity contribution in [1.82, 2.24) is 0 Å². The molecule has 6 heteroatoms. The van der Waals surface area contributed by atoms with Crippen molar-refractivity contribution in [3.8, 4) is 0 Å². The van der Waals surface area contributed by atoms with Crippen molar-refractivity contribution in [2.24, 2.45) is 0 Å².